The number of nitrogens with zero attached hydrogens (tertiary/aromatic N) is 2. The SMILES string of the molecule is CCO[C@@H]1CC[C@@H](Nc2ccc(-c3c(C)noc3C)cc2NC(=O)C2CCC(=O)N2c2ccc(F)c(F)c2)C1. The fourth-order valence-corrected chi connectivity index (χ4v) is 5.61. The molecule has 2 heterocycles. The molecule has 1 unspecified atom stereocenters. The van der Waals surface area contributed by atoms with Gasteiger partial charge in [0.25, 0.3) is 0 Å². The van der Waals surface area contributed by atoms with Crippen LogP contribution in [0, 0.1) is 25.5 Å². The van der Waals surface area contributed by atoms with Crippen molar-refractivity contribution < 1.29 is 27.6 Å². The van der Waals surface area contributed by atoms with Crippen molar-refractivity contribution >= 4 is 28.9 Å². The van der Waals surface area contributed by atoms with E-state index in [0.29, 0.717) is 18.1 Å². The fraction of sp³-hybridized carbons (Fsp3) is 0.414. The van der Waals surface area contributed by atoms with E-state index in [1.165, 1.54) is 11.0 Å². The summed E-state index contributed by atoms with van der Waals surface area (Å²) in [6.45, 7) is 6.33. The van der Waals surface area contributed by atoms with E-state index in [-0.39, 0.29) is 36.6 Å². The van der Waals surface area contributed by atoms with Gasteiger partial charge < -0.3 is 19.9 Å². The number of carbonyl (C=O) groups is 2. The highest BCUT2D eigenvalue weighted by atomic mass is 19.2. The molecule has 2 fully saturated rings. The van der Waals surface area contributed by atoms with Crippen molar-refractivity contribution in [3.8, 4) is 11.1 Å². The summed E-state index contributed by atoms with van der Waals surface area (Å²) in [5.41, 5.74) is 3.82. The number of halogens is 2. The van der Waals surface area contributed by atoms with Crippen LogP contribution in [0.1, 0.15) is 50.5 Å². The molecule has 1 aliphatic carbocycles. The molecule has 1 aromatic heterocycles. The molecule has 1 saturated heterocycles. The van der Waals surface area contributed by atoms with Gasteiger partial charge in [-0.1, -0.05) is 11.2 Å². The van der Waals surface area contributed by atoms with Gasteiger partial charge in [0.2, 0.25) is 11.8 Å². The molecule has 2 aliphatic rings. The predicted molar refractivity (Wildman–Crippen MR) is 144 cm³/mol. The van der Waals surface area contributed by atoms with Crippen LogP contribution in [-0.2, 0) is 14.3 Å². The summed E-state index contributed by atoms with van der Waals surface area (Å²) in [5, 5.41) is 10.6. The molecule has 2 N–H and O–H groups in total. The van der Waals surface area contributed by atoms with Gasteiger partial charge in [0.05, 0.1) is 23.2 Å². The summed E-state index contributed by atoms with van der Waals surface area (Å²) in [6.07, 6.45) is 3.33. The average molecular weight is 539 g/mol. The van der Waals surface area contributed by atoms with Crippen LogP contribution in [0.15, 0.2) is 40.9 Å². The summed E-state index contributed by atoms with van der Waals surface area (Å²) >= 11 is 0. The van der Waals surface area contributed by atoms with Crippen LogP contribution in [0.25, 0.3) is 11.1 Å². The molecule has 1 saturated carbocycles. The molecule has 0 bridgehead atoms. The van der Waals surface area contributed by atoms with E-state index in [2.05, 4.69) is 15.8 Å². The lowest BCUT2D eigenvalue weighted by molar-refractivity contribution is -0.120. The zero-order valence-electron chi connectivity index (χ0n) is 22.2. The largest absolute Gasteiger partial charge is 0.381 e. The molecule has 2 amide bonds. The van der Waals surface area contributed by atoms with Crippen molar-refractivity contribution in [3.05, 3.63) is 59.5 Å². The number of rotatable bonds is 8. The normalized spacial score (nSPS) is 21.0. The van der Waals surface area contributed by atoms with E-state index >= 15 is 0 Å². The maximum Gasteiger partial charge on any atom is 0.247 e. The highest BCUT2D eigenvalue weighted by Gasteiger charge is 2.38. The molecule has 3 atom stereocenters. The minimum Gasteiger partial charge on any atom is -0.381 e. The quantitative estimate of drug-likeness (QED) is 0.380. The number of benzene rings is 2. The first kappa shape index (κ1) is 26.8. The Hall–Kier alpha value is -3.79. The summed E-state index contributed by atoms with van der Waals surface area (Å²) < 4.78 is 38.6. The van der Waals surface area contributed by atoms with Gasteiger partial charge in [0, 0.05) is 36.4 Å². The number of amides is 2. The average Bonchev–Trinajstić information content (AvgIpc) is 3.61. The second-order valence-corrected chi connectivity index (χ2v) is 10.1. The number of hydrogen-bond acceptors (Lipinski definition) is 6. The van der Waals surface area contributed by atoms with Crippen LogP contribution < -0.4 is 15.5 Å². The molecule has 1 aliphatic heterocycles. The first-order chi connectivity index (χ1) is 18.7. The molecule has 8 nitrogen and oxygen atoms in total. The van der Waals surface area contributed by atoms with Crippen LogP contribution in [0.3, 0.4) is 0 Å². The van der Waals surface area contributed by atoms with Crippen LogP contribution in [0.2, 0.25) is 0 Å². The molecule has 5 rings (SSSR count). The van der Waals surface area contributed by atoms with Crippen molar-refractivity contribution in [2.45, 2.75) is 71.1 Å². The van der Waals surface area contributed by atoms with E-state index in [1.807, 2.05) is 39.0 Å². The standard InChI is InChI=1S/C29H32F2N4O4/c1-4-38-21-8-6-19(14-21)32-24-10-5-18(28-16(2)34-39-17(28)3)13-25(24)33-29(37)26-11-12-27(36)35(26)20-7-9-22(30)23(31)15-20/h5,7,9-10,13,15,19,21,26,32H,4,6,8,11-12,14H2,1-3H3,(H,33,37)/t19-,21-,26?/m1/s1. The maximum atomic E-state index is 14.0. The third-order valence-electron chi connectivity index (χ3n) is 7.44. The Morgan fingerprint density at radius 1 is 1.10 bits per heavy atom. The molecule has 10 heteroatoms. The van der Waals surface area contributed by atoms with Crippen molar-refractivity contribution in [2.24, 2.45) is 0 Å². The van der Waals surface area contributed by atoms with Gasteiger partial charge in [-0.25, -0.2) is 8.78 Å². The predicted octanol–water partition coefficient (Wildman–Crippen LogP) is 5.74. The Balaban J connectivity index is 1.44. The molecular weight excluding hydrogens is 506 g/mol. The summed E-state index contributed by atoms with van der Waals surface area (Å²) in [7, 11) is 0. The number of anilines is 3. The van der Waals surface area contributed by atoms with Crippen LogP contribution in [-0.4, -0.2) is 41.8 Å². The Bertz CT molecular complexity index is 1370. The number of aromatic nitrogens is 1. The van der Waals surface area contributed by atoms with Gasteiger partial charge in [-0.05, 0) is 76.3 Å². The summed E-state index contributed by atoms with van der Waals surface area (Å²) in [4.78, 5) is 27.5. The van der Waals surface area contributed by atoms with Crippen LogP contribution in [0.4, 0.5) is 25.8 Å². The number of aryl methyl sites for hydroxylation is 2. The highest BCUT2D eigenvalue weighted by Crippen LogP contribution is 2.36. The van der Waals surface area contributed by atoms with E-state index < -0.39 is 23.6 Å². The smallest absolute Gasteiger partial charge is 0.247 e. The number of nitrogens with one attached hydrogen (secondary N) is 2. The Morgan fingerprint density at radius 3 is 2.64 bits per heavy atom. The Kier molecular flexibility index (Phi) is 7.65. The van der Waals surface area contributed by atoms with E-state index in [9.17, 15) is 18.4 Å². The molecular formula is C29H32F2N4O4. The molecule has 2 aromatic carbocycles. The van der Waals surface area contributed by atoms with Crippen LogP contribution >= 0.6 is 0 Å². The fourth-order valence-electron chi connectivity index (χ4n) is 5.61. The van der Waals surface area contributed by atoms with Gasteiger partial charge in [-0.3, -0.25) is 14.5 Å². The Labute approximate surface area is 225 Å². The number of hydrogen-bond donors (Lipinski definition) is 2. The number of carbonyl (C=O) groups excluding carboxylic acids is 2. The lowest BCUT2D eigenvalue weighted by atomic mass is 10.0. The van der Waals surface area contributed by atoms with Gasteiger partial charge in [-0.15, -0.1) is 0 Å². The Morgan fingerprint density at radius 2 is 1.92 bits per heavy atom. The van der Waals surface area contributed by atoms with Crippen molar-refractivity contribution in [3.63, 3.8) is 0 Å². The molecule has 0 radical (unpaired) electrons. The first-order valence-electron chi connectivity index (χ1n) is 13.3. The monoisotopic (exact) mass is 538 g/mol. The van der Waals surface area contributed by atoms with E-state index in [1.54, 1.807) is 0 Å². The third kappa shape index (κ3) is 5.52. The summed E-state index contributed by atoms with van der Waals surface area (Å²) in [5.74, 6) is -2.17. The van der Waals surface area contributed by atoms with Crippen LogP contribution in [0.5, 0.6) is 0 Å². The minimum absolute atomic E-state index is 0.127. The molecule has 206 valence electrons. The lowest BCUT2D eigenvalue weighted by Crippen LogP contribution is -2.42. The van der Waals surface area contributed by atoms with E-state index in [0.717, 1.165) is 53.9 Å². The molecule has 0 spiro atoms. The first-order valence-corrected chi connectivity index (χ1v) is 13.3. The maximum absolute atomic E-state index is 14.0. The highest BCUT2D eigenvalue weighted by molar-refractivity contribution is 6.08. The zero-order valence-corrected chi connectivity index (χ0v) is 22.2. The minimum atomic E-state index is -1.08. The molecule has 3 aromatic rings. The van der Waals surface area contributed by atoms with Crippen molar-refractivity contribution in [1.82, 2.24) is 5.16 Å². The van der Waals surface area contributed by atoms with Crippen molar-refractivity contribution in [2.75, 3.05) is 22.1 Å². The topological polar surface area (TPSA) is 96.7 Å². The van der Waals surface area contributed by atoms with Gasteiger partial charge in [-0.2, -0.15) is 0 Å². The number of ether oxygens (including phenoxy) is 1. The van der Waals surface area contributed by atoms with Crippen molar-refractivity contribution in [1.29, 1.82) is 0 Å². The second kappa shape index (κ2) is 11.1. The summed E-state index contributed by atoms with van der Waals surface area (Å²) in [6, 6.07) is 8.24. The lowest BCUT2D eigenvalue weighted by Gasteiger charge is -2.25. The van der Waals surface area contributed by atoms with E-state index in [4.69, 9.17) is 9.26 Å². The third-order valence-corrected chi connectivity index (χ3v) is 7.44. The van der Waals surface area contributed by atoms with Gasteiger partial charge >= 0.3 is 0 Å². The van der Waals surface area contributed by atoms with Gasteiger partial charge in [0.1, 0.15) is 11.8 Å². The molecule has 39 heavy (non-hydrogen) atoms. The zero-order chi connectivity index (χ0) is 27.7. The second-order valence-electron chi connectivity index (χ2n) is 10.1. The van der Waals surface area contributed by atoms with Gasteiger partial charge in [0.15, 0.2) is 11.6 Å².